The van der Waals surface area contributed by atoms with Gasteiger partial charge in [-0.2, -0.15) is 10.2 Å². The van der Waals surface area contributed by atoms with Gasteiger partial charge in [-0.3, -0.25) is 39.2 Å². The van der Waals surface area contributed by atoms with E-state index in [4.69, 9.17) is 13.6 Å². The van der Waals surface area contributed by atoms with Crippen LogP contribution in [0, 0.1) is 13.8 Å². The van der Waals surface area contributed by atoms with Crippen LogP contribution in [0.2, 0.25) is 0 Å². The van der Waals surface area contributed by atoms with Crippen LogP contribution in [0.5, 0.6) is 0 Å². The summed E-state index contributed by atoms with van der Waals surface area (Å²) in [4.78, 5) is 59.6. The third kappa shape index (κ3) is 7.49. The summed E-state index contributed by atoms with van der Waals surface area (Å²) >= 11 is 0. The van der Waals surface area contributed by atoms with Crippen molar-refractivity contribution >= 4 is 71.3 Å². The Kier molecular flexibility index (Phi) is 11.3. The second-order valence-electron chi connectivity index (χ2n) is 11.9. The van der Waals surface area contributed by atoms with E-state index in [1.807, 2.05) is 36.8 Å². The molecule has 6 aromatic rings. The summed E-state index contributed by atoms with van der Waals surface area (Å²) in [5, 5.41) is 14.6. The molecule has 17 heteroatoms. The number of amides is 3. The number of hydrogen-bond acceptors (Lipinski definition) is 9. The summed E-state index contributed by atoms with van der Waals surface area (Å²) in [6.07, 6.45) is 1.91. The minimum absolute atomic E-state index is 0.282. The molecule has 0 saturated heterocycles. The molecule has 52 heavy (non-hydrogen) atoms. The van der Waals surface area contributed by atoms with Crippen molar-refractivity contribution in [2.45, 2.75) is 66.7 Å². The average Bonchev–Trinajstić information content (AvgIpc) is 3.89. The van der Waals surface area contributed by atoms with E-state index in [2.05, 4.69) is 36.5 Å². The summed E-state index contributed by atoms with van der Waals surface area (Å²) < 4.78 is 6.95. The number of fused-ring (bicyclic) bond motifs is 2. The maximum absolute atomic E-state index is 13.4. The van der Waals surface area contributed by atoms with Gasteiger partial charge in [0.15, 0.2) is 0 Å². The van der Waals surface area contributed by atoms with Crippen LogP contribution in [-0.4, -0.2) is 77.6 Å². The highest BCUT2D eigenvalue weighted by atomic mass is 16.2. The van der Waals surface area contributed by atoms with Crippen LogP contribution in [0.4, 0.5) is 11.9 Å². The summed E-state index contributed by atoms with van der Waals surface area (Å²) in [6.45, 7) is 9.33. The van der Waals surface area contributed by atoms with Gasteiger partial charge in [0.25, 0.3) is 11.8 Å². The minimum Gasteiger partial charge on any atom is -0.366 e. The van der Waals surface area contributed by atoms with Gasteiger partial charge in [0, 0.05) is 37.3 Å². The normalized spacial score (nSPS) is 11.0. The van der Waals surface area contributed by atoms with Crippen LogP contribution in [0.15, 0.2) is 42.5 Å². The van der Waals surface area contributed by atoms with Crippen molar-refractivity contribution in [2.24, 2.45) is 11.5 Å². The Labute approximate surface area is 301 Å². The molecule has 3 amide bonds. The number of imidazole rings is 2. The third-order valence-corrected chi connectivity index (χ3v) is 8.40. The fourth-order valence-corrected chi connectivity index (χ4v) is 6.12. The Hall–Kier alpha value is -6.10. The maximum atomic E-state index is 13.4. The molecule has 0 saturated carbocycles. The zero-order valence-corrected chi connectivity index (χ0v) is 29.8. The van der Waals surface area contributed by atoms with Gasteiger partial charge < -0.3 is 20.6 Å². The molecule has 6 rings (SSSR count). The molecule has 0 bridgehead atoms. The van der Waals surface area contributed by atoms with E-state index in [0.717, 1.165) is 0 Å². The lowest BCUT2D eigenvalue weighted by Gasteiger charge is -2.13. The SMILES string of the molecule is CN.[B]c1cc(C=O)cc2nc(NC(=O)c3cc(C)nn3CC)n(CCCCn3c(NC(=O)c4cc(C)nn4CC)nc4cc(C(N)=O)ccc43)c12. The second kappa shape index (κ2) is 15.8. The number of aromatic nitrogens is 8. The zero-order chi connectivity index (χ0) is 37.7. The van der Waals surface area contributed by atoms with Gasteiger partial charge in [-0.05, 0) is 84.0 Å². The van der Waals surface area contributed by atoms with Crippen LogP contribution in [0.1, 0.15) is 79.8 Å². The van der Waals surface area contributed by atoms with E-state index in [1.54, 1.807) is 51.8 Å². The largest absolute Gasteiger partial charge is 0.366 e. The number of carbonyl (C=O) groups is 4. The predicted molar refractivity (Wildman–Crippen MR) is 199 cm³/mol. The number of anilines is 2. The first-order valence-electron chi connectivity index (χ1n) is 16.9. The molecule has 268 valence electrons. The van der Waals surface area contributed by atoms with Crippen molar-refractivity contribution in [1.82, 2.24) is 38.7 Å². The van der Waals surface area contributed by atoms with Crippen molar-refractivity contribution in [3.05, 3.63) is 76.4 Å². The molecule has 4 heterocycles. The predicted octanol–water partition coefficient (Wildman–Crippen LogP) is 2.70. The number of hydrogen-bond donors (Lipinski definition) is 4. The molecule has 0 atom stereocenters. The number of rotatable bonds is 13. The van der Waals surface area contributed by atoms with E-state index >= 15 is 0 Å². The van der Waals surface area contributed by atoms with Crippen molar-refractivity contribution in [1.29, 1.82) is 0 Å². The molecule has 2 aromatic carbocycles. The molecule has 0 fully saturated rings. The van der Waals surface area contributed by atoms with Crippen LogP contribution in [0.3, 0.4) is 0 Å². The number of nitrogens with two attached hydrogens (primary N) is 2. The van der Waals surface area contributed by atoms with Crippen molar-refractivity contribution in [3.63, 3.8) is 0 Å². The van der Waals surface area contributed by atoms with Gasteiger partial charge in [0.05, 0.1) is 33.5 Å². The number of nitrogens with zero attached hydrogens (tertiary/aromatic N) is 8. The van der Waals surface area contributed by atoms with Crippen LogP contribution >= 0.6 is 0 Å². The summed E-state index contributed by atoms with van der Waals surface area (Å²) in [5.41, 5.74) is 15.5. The fraction of sp³-hybridized carbons (Fsp3) is 0.314. The Morgan fingerprint density at radius 2 is 1.33 bits per heavy atom. The smallest absolute Gasteiger partial charge is 0.276 e. The van der Waals surface area contributed by atoms with Crippen molar-refractivity contribution < 1.29 is 19.2 Å². The standard InChI is InChI=1S/C34H36BN11O4.CH5N/c1-5-45-27(13-19(3)41-45)31(49)39-33-37-24-17-22(30(36)48)9-10-26(24)43(33)11-7-8-12-44-29-23(35)15-21(18-47)16-25(29)38-34(44)40-32(50)28-14-20(4)42-46(28)6-2;1-2/h9-10,13-18H,5-8,11-12H2,1-4H3,(H2,36,48)(H,37,39,49)(H,38,40,50);2H2,1H3. The van der Waals surface area contributed by atoms with E-state index in [0.29, 0.717) is 113 Å². The highest BCUT2D eigenvalue weighted by Crippen LogP contribution is 2.25. The second-order valence-corrected chi connectivity index (χ2v) is 11.9. The Morgan fingerprint density at radius 3 is 1.87 bits per heavy atom. The molecule has 4 aromatic heterocycles. The number of aldehydes is 1. The van der Waals surface area contributed by atoms with E-state index in [-0.39, 0.29) is 17.8 Å². The maximum Gasteiger partial charge on any atom is 0.276 e. The number of primary amides is 1. The summed E-state index contributed by atoms with van der Waals surface area (Å²) in [6, 6.07) is 11.6. The first-order valence-corrected chi connectivity index (χ1v) is 16.9. The lowest BCUT2D eigenvalue weighted by molar-refractivity contribution is 0.0994. The van der Waals surface area contributed by atoms with E-state index in [9.17, 15) is 19.2 Å². The molecule has 0 spiro atoms. The molecule has 16 nitrogen and oxygen atoms in total. The molecule has 0 aliphatic rings. The highest BCUT2D eigenvalue weighted by Gasteiger charge is 2.21. The first kappa shape index (κ1) is 37.2. The number of aryl methyl sites for hydroxylation is 6. The number of carbonyl (C=O) groups excluding carboxylic acids is 4. The first-order chi connectivity index (χ1) is 25.0. The summed E-state index contributed by atoms with van der Waals surface area (Å²) in [5.74, 6) is -0.738. The van der Waals surface area contributed by atoms with Gasteiger partial charge in [0.2, 0.25) is 17.8 Å². The van der Waals surface area contributed by atoms with Gasteiger partial charge in [-0.1, -0.05) is 11.5 Å². The average molecular weight is 705 g/mol. The number of unbranched alkanes of at least 4 members (excludes halogenated alkanes) is 1. The van der Waals surface area contributed by atoms with Crippen LogP contribution in [0.25, 0.3) is 22.1 Å². The van der Waals surface area contributed by atoms with Crippen molar-refractivity contribution in [3.8, 4) is 0 Å². The topological polar surface area (TPSA) is 216 Å². The fourth-order valence-electron chi connectivity index (χ4n) is 6.12. The molecule has 0 aliphatic carbocycles. The number of benzene rings is 2. The van der Waals surface area contributed by atoms with Gasteiger partial charge >= 0.3 is 0 Å². The van der Waals surface area contributed by atoms with Crippen LogP contribution in [-0.2, 0) is 26.2 Å². The lowest BCUT2D eigenvalue weighted by Crippen LogP contribution is -2.21. The van der Waals surface area contributed by atoms with E-state index < -0.39 is 5.91 Å². The Morgan fingerprint density at radius 1 is 0.788 bits per heavy atom. The molecule has 0 unspecified atom stereocenters. The Bertz CT molecular complexity index is 2300. The third-order valence-electron chi connectivity index (χ3n) is 8.40. The quantitative estimate of drug-likeness (QED) is 0.0789. The van der Waals surface area contributed by atoms with Crippen LogP contribution < -0.4 is 27.6 Å². The van der Waals surface area contributed by atoms with Gasteiger partial charge in [-0.25, -0.2) is 9.97 Å². The molecule has 6 N–H and O–H groups in total. The molecular weight excluding hydrogens is 663 g/mol. The molecule has 2 radical (unpaired) electrons. The monoisotopic (exact) mass is 704 g/mol. The van der Waals surface area contributed by atoms with Crippen molar-refractivity contribution in [2.75, 3.05) is 17.7 Å². The lowest BCUT2D eigenvalue weighted by atomic mass is 9.92. The zero-order valence-electron chi connectivity index (χ0n) is 29.8. The minimum atomic E-state index is -0.585. The van der Waals surface area contributed by atoms with Gasteiger partial charge in [-0.15, -0.1) is 0 Å². The van der Waals surface area contributed by atoms with Gasteiger partial charge in [0.1, 0.15) is 25.5 Å². The molecular formula is C35H41BN12O4. The molecule has 0 aliphatic heterocycles. The highest BCUT2D eigenvalue weighted by molar-refractivity contribution is 6.38. The Balaban J connectivity index is 0.00000257. The van der Waals surface area contributed by atoms with E-state index in [1.165, 1.54) is 7.05 Å². The summed E-state index contributed by atoms with van der Waals surface area (Å²) in [7, 11) is 7.91. The number of nitrogens with one attached hydrogen (secondary N) is 2.